The summed E-state index contributed by atoms with van der Waals surface area (Å²) < 4.78 is 0. The van der Waals surface area contributed by atoms with Crippen molar-refractivity contribution in [1.82, 2.24) is 0 Å². The summed E-state index contributed by atoms with van der Waals surface area (Å²) in [5.41, 5.74) is 9.20. The molecule has 0 fully saturated rings. The van der Waals surface area contributed by atoms with Crippen molar-refractivity contribution in [2.45, 2.75) is 130 Å². The van der Waals surface area contributed by atoms with E-state index in [-0.39, 0.29) is 11.0 Å². The van der Waals surface area contributed by atoms with Crippen LogP contribution in [0.15, 0.2) is 0 Å². The molecule has 0 aliphatic rings. The van der Waals surface area contributed by atoms with Gasteiger partial charge in [0, 0.05) is 25.7 Å². The smallest absolute Gasteiger partial charge is 0.0917 e. The van der Waals surface area contributed by atoms with E-state index < -0.39 is 0 Å². The van der Waals surface area contributed by atoms with Crippen molar-refractivity contribution in [1.29, 1.82) is 0 Å². The first kappa shape index (κ1) is 31.6. The summed E-state index contributed by atoms with van der Waals surface area (Å²) in [6, 6.07) is 0. The van der Waals surface area contributed by atoms with Crippen molar-refractivity contribution in [2.75, 3.05) is 0 Å². The Kier molecular flexibility index (Phi) is 25.2. The van der Waals surface area contributed by atoms with Crippen molar-refractivity contribution in [3.05, 3.63) is 0 Å². The highest BCUT2D eigenvalue weighted by Crippen LogP contribution is 2.16. The van der Waals surface area contributed by atoms with Crippen molar-refractivity contribution >= 4 is 0 Å². The monoisotopic (exact) mass is 350 g/mol. The molecule has 24 heavy (non-hydrogen) atoms. The second-order valence-electron chi connectivity index (χ2n) is 8.04. The van der Waals surface area contributed by atoms with Crippen LogP contribution in [0.4, 0.5) is 0 Å². The van der Waals surface area contributed by atoms with E-state index in [1.807, 2.05) is 0 Å². The largest absolute Gasteiger partial charge is 0.870 e. The van der Waals surface area contributed by atoms with Crippen LogP contribution in [0.5, 0.6) is 0 Å². The van der Waals surface area contributed by atoms with Gasteiger partial charge in [-0.2, -0.15) is 0 Å². The van der Waals surface area contributed by atoms with E-state index in [0.29, 0.717) is 11.1 Å². The average molecular weight is 351 g/mol. The molecule has 0 saturated carbocycles. The Hall–Kier alpha value is -0.160. The lowest BCUT2D eigenvalue weighted by molar-refractivity contribution is -0.476. The van der Waals surface area contributed by atoms with Gasteiger partial charge in [-0.05, 0) is 39.5 Å². The van der Waals surface area contributed by atoms with Gasteiger partial charge < -0.3 is 22.4 Å². The molecule has 0 atom stereocenters. The van der Waals surface area contributed by atoms with Gasteiger partial charge in [0.15, 0.2) is 0 Å². The van der Waals surface area contributed by atoms with Gasteiger partial charge in [-0.3, -0.25) is 0 Å². The summed E-state index contributed by atoms with van der Waals surface area (Å²) in [6.45, 7) is 13.6. The van der Waals surface area contributed by atoms with E-state index >= 15 is 0 Å². The summed E-state index contributed by atoms with van der Waals surface area (Å²) in [5, 5.41) is 0. The second kappa shape index (κ2) is 19.2. The zero-order valence-corrected chi connectivity index (χ0v) is 17.8. The van der Waals surface area contributed by atoms with Gasteiger partial charge in [0.25, 0.3) is 0 Å². The molecule has 0 amide bonds. The van der Waals surface area contributed by atoms with Crippen LogP contribution < -0.4 is 11.5 Å². The molecule has 4 nitrogen and oxygen atoms in total. The Balaban J connectivity index is -0.000000154. The highest BCUT2D eigenvalue weighted by atomic mass is 16.0. The summed E-state index contributed by atoms with van der Waals surface area (Å²) in [4.78, 5) is 0. The Bertz CT molecular complexity index is 188. The standard InChI is InChI=1S/2C10H23N.2H2O/c2*1-4-6-8-10(3,11)9-7-5-2;;/h2*4-9,11H2,1-3H3;2*1H2. The number of unbranched alkanes of at least 4 members (excludes halogenated alkanes) is 4. The quantitative estimate of drug-likeness (QED) is 0.543. The van der Waals surface area contributed by atoms with Gasteiger partial charge in [0.1, 0.15) is 0 Å². The Morgan fingerprint density at radius 3 is 0.792 bits per heavy atom. The van der Waals surface area contributed by atoms with Crippen LogP contribution in [-0.4, -0.2) is 22.0 Å². The zero-order valence-electron chi connectivity index (χ0n) is 17.8. The fraction of sp³-hybridized carbons (Fsp3) is 1.00. The lowest BCUT2D eigenvalue weighted by atomic mass is 9.90. The normalized spacial score (nSPS) is 11.0. The first-order chi connectivity index (χ1) is 10.2. The topological polar surface area (TPSA) is 115 Å². The van der Waals surface area contributed by atoms with Gasteiger partial charge in [0.05, 0.1) is 11.1 Å². The van der Waals surface area contributed by atoms with Crippen LogP contribution in [0.25, 0.3) is 0 Å². The molecule has 0 radical (unpaired) electrons. The van der Waals surface area contributed by atoms with Crippen LogP contribution in [0.3, 0.4) is 0 Å². The highest BCUT2D eigenvalue weighted by Gasteiger charge is 2.20. The van der Waals surface area contributed by atoms with Crippen molar-refractivity contribution in [3.8, 4) is 0 Å². The Morgan fingerprint density at radius 2 is 0.667 bits per heavy atom. The molecule has 0 heterocycles. The molecule has 0 bridgehead atoms. The van der Waals surface area contributed by atoms with E-state index in [2.05, 4.69) is 53.0 Å². The molecule has 0 unspecified atom stereocenters. The van der Waals surface area contributed by atoms with Crippen LogP contribution in [-0.2, 0) is 0 Å². The van der Waals surface area contributed by atoms with Gasteiger partial charge in [-0.15, -0.1) is 0 Å². The van der Waals surface area contributed by atoms with Gasteiger partial charge >= 0.3 is 0 Å². The van der Waals surface area contributed by atoms with E-state index in [1.165, 1.54) is 77.0 Å². The SMILES string of the molecule is CCCCC(C)([NH3+])CCCC.CCCCC(C)([NH3+])CCCC.[OH-].[OH-]. The maximum absolute atomic E-state index is 4.24. The lowest BCUT2D eigenvalue weighted by Crippen LogP contribution is -2.70. The fourth-order valence-corrected chi connectivity index (χ4v) is 2.66. The van der Waals surface area contributed by atoms with Crippen molar-refractivity contribution < 1.29 is 22.4 Å². The van der Waals surface area contributed by atoms with Crippen LogP contribution in [0.1, 0.15) is 119 Å². The molecule has 4 heteroatoms. The van der Waals surface area contributed by atoms with E-state index in [4.69, 9.17) is 0 Å². The Morgan fingerprint density at radius 1 is 0.500 bits per heavy atom. The molecular formula is C20H50N2O2. The molecule has 0 rings (SSSR count). The average Bonchev–Trinajstić information content (AvgIpc) is 2.48. The molecule has 0 aromatic heterocycles. The van der Waals surface area contributed by atoms with Gasteiger partial charge in [0.2, 0.25) is 0 Å². The second-order valence-corrected chi connectivity index (χ2v) is 8.04. The number of rotatable bonds is 12. The molecule has 0 spiro atoms. The van der Waals surface area contributed by atoms with Crippen molar-refractivity contribution in [3.63, 3.8) is 0 Å². The van der Waals surface area contributed by atoms with E-state index in [9.17, 15) is 0 Å². The predicted octanol–water partition coefficient (Wildman–Crippen LogP) is 4.38. The minimum atomic E-state index is 0. The summed E-state index contributed by atoms with van der Waals surface area (Å²) >= 11 is 0. The molecule has 152 valence electrons. The first-order valence-electron chi connectivity index (χ1n) is 9.95. The lowest BCUT2D eigenvalue weighted by Gasteiger charge is -2.19. The summed E-state index contributed by atoms with van der Waals surface area (Å²) in [6.07, 6.45) is 15.7. The molecule has 8 N–H and O–H groups in total. The molecule has 0 aliphatic heterocycles. The number of hydrogen-bond donors (Lipinski definition) is 2. The highest BCUT2D eigenvalue weighted by molar-refractivity contribution is 4.70. The maximum Gasteiger partial charge on any atom is 0.0917 e. The number of hydrogen-bond acceptors (Lipinski definition) is 2. The van der Waals surface area contributed by atoms with Crippen LogP contribution in [0, 0.1) is 0 Å². The maximum atomic E-state index is 4.24. The third-order valence-electron chi connectivity index (χ3n) is 4.54. The minimum Gasteiger partial charge on any atom is -0.870 e. The zero-order chi connectivity index (χ0) is 17.5. The first-order valence-corrected chi connectivity index (χ1v) is 9.95. The third-order valence-corrected chi connectivity index (χ3v) is 4.54. The predicted molar refractivity (Wildman–Crippen MR) is 105 cm³/mol. The van der Waals surface area contributed by atoms with E-state index in [1.54, 1.807) is 0 Å². The summed E-state index contributed by atoms with van der Waals surface area (Å²) in [7, 11) is 0. The fourth-order valence-electron chi connectivity index (χ4n) is 2.66. The molecular weight excluding hydrogens is 300 g/mol. The van der Waals surface area contributed by atoms with E-state index in [0.717, 1.165) is 0 Å². The molecule has 0 aromatic rings. The van der Waals surface area contributed by atoms with Crippen molar-refractivity contribution in [2.24, 2.45) is 0 Å². The third kappa shape index (κ3) is 24.1. The van der Waals surface area contributed by atoms with Crippen LogP contribution >= 0.6 is 0 Å². The van der Waals surface area contributed by atoms with Gasteiger partial charge in [-0.25, -0.2) is 0 Å². The summed E-state index contributed by atoms with van der Waals surface area (Å²) in [5.74, 6) is 0. The molecule has 0 saturated heterocycles. The molecule has 0 aliphatic carbocycles. The minimum absolute atomic E-state index is 0. The van der Waals surface area contributed by atoms with Crippen LogP contribution in [0.2, 0.25) is 0 Å². The number of quaternary nitrogens is 2. The Labute approximate surface area is 152 Å². The van der Waals surface area contributed by atoms with Gasteiger partial charge in [-0.1, -0.05) is 53.4 Å². The molecule has 0 aromatic carbocycles.